The molecule has 0 aromatic heterocycles. The molecule has 0 aromatic carbocycles. The van der Waals surface area contributed by atoms with Crippen molar-refractivity contribution in [1.82, 2.24) is 0 Å². The first kappa shape index (κ1) is 11.9. The standard InChI is InChI=1S/C6H13F3OSi2/c1-3-12(2,10-11)5-4-6(7,8)9/h3H,1,4-5H2,2,11H3. The maximum Gasteiger partial charge on any atom is 0.388 e. The van der Waals surface area contributed by atoms with E-state index in [1.807, 2.05) is 0 Å². The summed E-state index contributed by atoms with van der Waals surface area (Å²) in [6.07, 6.45) is -4.83. The van der Waals surface area contributed by atoms with E-state index >= 15 is 0 Å². The number of rotatable bonds is 4. The molecule has 0 spiro atoms. The fourth-order valence-corrected chi connectivity index (χ4v) is 3.14. The van der Waals surface area contributed by atoms with Gasteiger partial charge in [-0.25, -0.2) is 0 Å². The van der Waals surface area contributed by atoms with Crippen LogP contribution in [0.2, 0.25) is 12.6 Å². The van der Waals surface area contributed by atoms with Gasteiger partial charge >= 0.3 is 6.18 Å². The van der Waals surface area contributed by atoms with E-state index in [0.717, 1.165) is 0 Å². The van der Waals surface area contributed by atoms with Gasteiger partial charge < -0.3 is 4.12 Å². The molecule has 0 saturated heterocycles. The van der Waals surface area contributed by atoms with Crippen molar-refractivity contribution in [3.63, 3.8) is 0 Å². The van der Waals surface area contributed by atoms with Crippen molar-refractivity contribution in [2.24, 2.45) is 0 Å². The predicted molar refractivity (Wildman–Crippen MR) is 48.3 cm³/mol. The first-order chi connectivity index (χ1) is 5.33. The van der Waals surface area contributed by atoms with Crippen LogP contribution in [0.15, 0.2) is 12.3 Å². The molecule has 0 heterocycles. The SMILES string of the molecule is C=C[Si](C)(CCC(F)(F)F)O[SiH3]. The molecule has 72 valence electrons. The lowest BCUT2D eigenvalue weighted by molar-refractivity contribution is -0.131. The van der Waals surface area contributed by atoms with Crippen molar-refractivity contribution in [3.05, 3.63) is 12.3 Å². The minimum Gasteiger partial charge on any atom is -0.461 e. The van der Waals surface area contributed by atoms with Gasteiger partial charge in [0, 0.05) is 6.42 Å². The average molecular weight is 214 g/mol. The van der Waals surface area contributed by atoms with Crippen molar-refractivity contribution in [3.8, 4) is 0 Å². The van der Waals surface area contributed by atoms with Crippen LogP contribution in [0, 0.1) is 0 Å². The quantitative estimate of drug-likeness (QED) is 0.645. The molecule has 1 nitrogen and oxygen atoms in total. The summed E-state index contributed by atoms with van der Waals surface area (Å²) >= 11 is 0. The van der Waals surface area contributed by atoms with Gasteiger partial charge in [0.1, 0.15) is 10.5 Å². The lowest BCUT2D eigenvalue weighted by Gasteiger charge is -2.22. The minimum absolute atomic E-state index is 0.0868. The summed E-state index contributed by atoms with van der Waals surface area (Å²) in [7, 11) is -1.72. The second-order valence-electron chi connectivity index (χ2n) is 2.84. The van der Waals surface area contributed by atoms with Crippen LogP contribution < -0.4 is 0 Å². The van der Waals surface area contributed by atoms with Crippen LogP contribution in [0.1, 0.15) is 6.42 Å². The van der Waals surface area contributed by atoms with Gasteiger partial charge in [0.2, 0.25) is 8.32 Å². The van der Waals surface area contributed by atoms with Crippen LogP contribution in [-0.4, -0.2) is 25.0 Å². The maximum absolute atomic E-state index is 11.8. The Bertz CT molecular complexity index is 159. The zero-order valence-electron chi connectivity index (χ0n) is 7.24. The number of hydrogen-bond donors (Lipinski definition) is 0. The van der Waals surface area contributed by atoms with Crippen LogP contribution >= 0.6 is 0 Å². The summed E-state index contributed by atoms with van der Waals surface area (Å²) in [5.74, 6) is 0. The molecule has 0 aliphatic heterocycles. The number of alkyl halides is 3. The normalized spacial score (nSPS) is 17.3. The average Bonchev–Trinajstić information content (AvgIpc) is 1.99. The molecule has 0 amide bonds. The third-order valence-electron chi connectivity index (χ3n) is 1.80. The second kappa shape index (κ2) is 4.24. The molecule has 0 aromatic rings. The molecular weight excluding hydrogens is 201 g/mol. The predicted octanol–water partition coefficient (Wildman–Crippen LogP) is 1.54. The van der Waals surface area contributed by atoms with Gasteiger partial charge in [-0.15, -0.1) is 6.58 Å². The van der Waals surface area contributed by atoms with Gasteiger partial charge in [-0.05, 0) is 12.6 Å². The molecule has 0 fully saturated rings. The Morgan fingerprint density at radius 2 is 2.08 bits per heavy atom. The summed E-state index contributed by atoms with van der Waals surface area (Å²) in [6, 6.07) is 0.0868. The molecule has 0 aliphatic rings. The fourth-order valence-electron chi connectivity index (χ4n) is 0.677. The minimum atomic E-state index is -4.07. The van der Waals surface area contributed by atoms with Crippen LogP contribution in [0.5, 0.6) is 0 Å². The van der Waals surface area contributed by atoms with Crippen LogP contribution in [0.25, 0.3) is 0 Å². The van der Waals surface area contributed by atoms with Crippen molar-refractivity contribution in [1.29, 1.82) is 0 Å². The van der Waals surface area contributed by atoms with Gasteiger partial charge in [0.15, 0.2) is 0 Å². The Morgan fingerprint density at radius 3 is 2.33 bits per heavy atom. The molecule has 0 aliphatic carbocycles. The fraction of sp³-hybridized carbons (Fsp3) is 0.667. The lowest BCUT2D eigenvalue weighted by Crippen LogP contribution is -2.32. The van der Waals surface area contributed by atoms with Crippen molar-refractivity contribution >= 4 is 18.8 Å². The summed E-state index contributed by atoms with van der Waals surface area (Å²) in [6.45, 7) is 5.24. The second-order valence-corrected chi connectivity index (χ2v) is 8.00. The van der Waals surface area contributed by atoms with E-state index in [2.05, 4.69) is 6.58 Å². The highest BCUT2D eigenvalue weighted by molar-refractivity contribution is 6.79. The Hall–Kier alpha value is -0.0762. The van der Waals surface area contributed by atoms with E-state index in [1.165, 1.54) is 0 Å². The first-order valence-electron chi connectivity index (χ1n) is 3.58. The Kier molecular flexibility index (Phi) is 4.22. The summed E-state index contributed by atoms with van der Waals surface area (Å²) in [4.78, 5) is 0. The van der Waals surface area contributed by atoms with Gasteiger partial charge in [-0.3, -0.25) is 0 Å². The van der Waals surface area contributed by atoms with Crippen LogP contribution in [0.3, 0.4) is 0 Å². The van der Waals surface area contributed by atoms with E-state index in [4.69, 9.17) is 4.12 Å². The molecule has 0 bridgehead atoms. The maximum atomic E-state index is 11.8. The Morgan fingerprint density at radius 1 is 1.58 bits per heavy atom. The molecule has 12 heavy (non-hydrogen) atoms. The number of hydrogen-bond acceptors (Lipinski definition) is 1. The summed E-state index contributed by atoms with van der Waals surface area (Å²) in [5.41, 5.74) is 1.56. The van der Waals surface area contributed by atoms with Crippen molar-refractivity contribution in [2.75, 3.05) is 0 Å². The molecular formula is C6H13F3OSi2. The zero-order valence-corrected chi connectivity index (χ0v) is 10.2. The van der Waals surface area contributed by atoms with Gasteiger partial charge in [0.05, 0.1) is 0 Å². The van der Waals surface area contributed by atoms with Crippen molar-refractivity contribution in [2.45, 2.75) is 25.2 Å². The van der Waals surface area contributed by atoms with Gasteiger partial charge in [-0.1, -0.05) is 5.70 Å². The smallest absolute Gasteiger partial charge is 0.388 e. The molecule has 1 unspecified atom stereocenters. The molecule has 0 saturated carbocycles. The highest BCUT2D eigenvalue weighted by atomic mass is 28.4. The van der Waals surface area contributed by atoms with E-state index in [-0.39, 0.29) is 6.04 Å². The molecule has 1 atom stereocenters. The highest BCUT2D eigenvalue weighted by Gasteiger charge is 2.33. The molecule has 0 radical (unpaired) electrons. The molecule has 0 N–H and O–H groups in total. The topological polar surface area (TPSA) is 9.23 Å². The molecule has 0 rings (SSSR count). The van der Waals surface area contributed by atoms with Gasteiger partial charge in [0.25, 0.3) is 0 Å². The summed E-state index contributed by atoms with van der Waals surface area (Å²) < 4.78 is 40.5. The van der Waals surface area contributed by atoms with Gasteiger partial charge in [-0.2, -0.15) is 13.2 Å². The van der Waals surface area contributed by atoms with E-state index in [9.17, 15) is 13.2 Å². The Balaban J connectivity index is 3.98. The van der Waals surface area contributed by atoms with E-state index < -0.39 is 20.9 Å². The van der Waals surface area contributed by atoms with Crippen molar-refractivity contribution < 1.29 is 17.3 Å². The lowest BCUT2D eigenvalue weighted by atomic mass is 10.5. The molecule has 6 heteroatoms. The largest absolute Gasteiger partial charge is 0.461 e. The third-order valence-corrected chi connectivity index (χ3v) is 7.64. The van der Waals surface area contributed by atoms with Crippen LogP contribution in [0.4, 0.5) is 13.2 Å². The van der Waals surface area contributed by atoms with Crippen LogP contribution in [-0.2, 0) is 4.12 Å². The first-order valence-corrected chi connectivity index (χ1v) is 7.09. The summed E-state index contributed by atoms with van der Waals surface area (Å²) in [5, 5.41) is 0. The van der Waals surface area contributed by atoms with E-state index in [0.29, 0.717) is 10.5 Å². The Labute approximate surface area is 74.3 Å². The third kappa shape index (κ3) is 4.73. The number of halogens is 3. The monoisotopic (exact) mass is 214 g/mol. The highest BCUT2D eigenvalue weighted by Crippen LogP contribution is 2.26. The zero-order chi connectivity index (χ0) is 9.83. The van der Waals surface area contributed by atoms with E-state index in [1.54, 1.807) is 12.2 Å².